The molecule has 122 valence electrons. The minimum atomic E-state index is -0.517. The molecular weight excluding hydrogens is 378 g/mol. The smallest absolute Gasteiger partial charge is 0.336 e. The molecule has 0 atom stereocenters. The van der Waals surface area contributed by atoms with Crippen molar-refractivity contribution in [1.82, 2.24) is 0 Å². The van der Waals surface area contributed by atoms with E-state index in [0.717, 1.165) is 10.9 Å². The highest BCUT2D eigenvalue weighted by Gasteiger charge is 2.17. The minimum absolute atomic E-state index is 0.108. The van der Waals surface area contributed by atoms with E-state index in [1.165, 1.54) is 18.2 Å². The number of halogens is 1. The van der Waals surface area contributed by atoms with Crippen LogP contribution in [0.15, 0.2) is 56.1 Å². The molecule has 1 heterocycles. The van der Waals surface area contributed by atoms with Crippen molar-refractivity contribution in [2.24, 2.45) is 0 Å². The maximum Gasteiger partial charge on any atom is 0.336 e. The van der Waals surface area contributed by atoms with Gasteiger partial charge in [-0.25, -0.2) is 4.79 Å². The van der Waals surface area contributed by atoms with Gasteiger partial charge in [0.15, 0.2) is 0 Å². The van der Waals surface area contributed by atoms with Gasteiger partial charge >= 0.3 is 11.3 Å². The number of fused-ring (bicyclic) bond motifs is 1. The van der Waals surface area contributed by atoms with E-state index in [4.69, 9.17) is 9.15 Å². The number of nitro benzene ring substituents is 1. The van der Waals surface area contributed by atoms with Gasteiger partial charge in [-0.15, -0.1) is 0 Å². The SMILES string of the molecule is CCc1cc(=O)oc2cc(Oc3ccc(Br)cc3[N+](=O)[O-])ccc12. The first-order valence-corrected chi connectivity index (χ1v) is 7.96. The van der Waals surface area contributed by atoms with Crippen LogP contribution in [0, 0.1) is 10.1 Å². The number of benzene rings is 2. The zero-order valence-electron chi connectivity index (χ0n) is 12.6. The Labute approximate surface area is 145 Å². The molecule has 0 radical (unpaired) electrons. The third-order valence-corrected chi connectivity index (χ3v) is 4.02. The molecule has 0 bridgehead atoms. The molecule has 0 aliphatic carbocycles. The number of aryl methyl sites for hydroxylation is 1. The zero-order chi connectivity index (χ0) is 17.3. The molecule has 0 aliphatic heterocycles. The fraction of sp³-hybridized carbons (Fsp3) is 0.118. The first-order valence-electron chi connectivity index (χ1n) is 7.16. The van der Waals surface area contributed by atoms with E-state index in [1.807, 2.05) is 6.92 Å². The van der Waals surface area contributed by atoms with Crippen LogP contribution in [-0.2, 0) is 6.42 Å². The number of hydrogen-bond donors (Lipinski definition) is 0. The van der Waals surface area contributed by atoms with E-state index < -0.39 is 10.5 Å². The summed E-state index contributed by atoms with van der Waals surface area (Å²) >= 11 is 3.20. The largest absolute Gasteiger partial charge is 0.450 e. The number of nitrogens with zero attached hydrogens (tertiary/aromatic N) is 1. The van der Waals surface area contributed by atoms with E-state index in [1.54, 1.807) is 24.3 Å². The monoisotopic (exact) mass is 389 g/mol. The van der Waals surface area contributed by atoms with Gasteiger partial charge in [-0.3, -0.25) is 10.1 Å². The van der Waals surface area contributed by atoms with E-state index in [2.05, 4.69) is 15.9 Å². The maximum atomic E-state index is 11.6. The van der Waals surface area contributed by atoms with Crippen molar-refractivity contribution in [3.8, 4) is 11.5 Å². The summed E-state index contributed by atoms with van der Waals surface area (Å²) in [4.78, 5) is 22.2. The van der Waals surface area contributed by atoms with Gasteiger partial charge in [0, 0.05) is 28.1 Å². The topological polar surface area (TPSA) is 82.6 Å². The van der Waals surface area contributed by atoms with Crippen LogP contribution in [0.1, 0.15) is 12.5 Å². The van der Waals surface area contributed by atoms with Crippen molar-refractivity contribution in [2.45, 2.75) is 13.3 Å². The highest BCUT2D eigenvalue weighted by Crippen LogP contribution is 2.34. The fourth-order valence-corrected chi connectivity index (χ4v) is 2.76. The second-order valence-corrected chi connectivity index (χ2v) is 5.99. The highest BCUT2D eigenvalue weighted by molar-refractivity contribution is 9.10. The molecule has 0 unspecified atom stereocenters. The molecule has 0 fully saturated rings. The van der Waals surface area contributed by atoms with Crippen LogP contribution < -0.4 is 10.4 Å². The third-order valence-electron chi connectivity index (χ3n) is 3.53. The average molecular weight is 390 g/mol. The average Bonchev–Trinajstić information content (AvgIpc) is 2.55. The molecule has 0 aliphatic rings. The summed E-state index contributed by atoms with van der Waals surface area (Å²) in [5.41, 5.74) is 0.665. The Hall–Kier alpha value is -2.67. The molecular formula is C17H12BrNO5. The third kappa shape index (κ3) is 3.16. The summed E-state index contributed by atoms with van der Waals surface area (Å²) in [7, 11) is 0. The van der Waals surface area contributed by atoms with Gasteiger partial charge in [0.2, 0.25) is 5.75 Å². The van der Waals surface area contributed by atoms with Gasteiger partial charge in [0.05, 0.1) is 4.92 Å². The number of nitro groups is 1. The second kappa shape index (κ2) is 6.45. The van der Waals surface area contributed by atoms with Gasteiger partial charge in [0.25, 0.3) is 0 Å². The lowest BCUT2D eigenvalue weighted by Gasteiger charge is -2.08. The van der Waals surface area contributed by atoms with Crippen LogP contribution in [0.5, 0.6) is 11.5 Å². The Morgan fingerprint density at radius 2 is 2.00 bits per heavy atom. The number of ether oxygens (including phenoxy) is 1. The zero-order valence-corrected chi connectivity index (χ0v) is 14.2. The molecule has 0 saturated heterocycles. The Kier molecular flexibility index (Phi) is 4.35. The van der Waals surface area contributed by atoms with Gasteiger partial charge in [0.1, 0.15) is 11.3 Å². The van der Waals surface area contributed by atoms with E-state index in [-0.39, 0.29) is 11.4 Å². The van der Waals surface area contributed by atoms with E-state index >= 15 is 0 Å². The van der Waals surface area contributed by atoms with Crippen LogP contribution in [0.2, 0.25) is 0 Å². The molecule has 3 aromatic rings. The molecule has 0 spiro atoms. The van der Waals surface area contributed by atoms with Gasteiger partial charge < -0.3 is 9.15 Å². The Morgan fingerprint density at radius 3 is 2.71 bits per heavy atom. The Morgan fingerprint density at radius 1 is 1.21 bits per heavy atom. The molecule has 2 aromatic carbocycles. The molecule has 0 N–H and O–H groups in total. The summed E-state index contributed by atoms with van der Waals surface area (Å²) in [5, 5.41) is 12.0. The molecule has 24 heavy (non-hydrogen) atoms. The molecule has 0 saturated carbocycles. The summed E-state index contributed by atoms with van der Waals surface area (Å²) < 4.78 is 11.4. The second-order valence-electron chi connectivity index (χ2n) is 5.07. The van der Waals surface area contributed by atoms with Crippen LogP contribution in [0.4, 0.5) is 5.69 Å². The molecule has 3 rings (SSSR count). The Balaban J connectivity index is 2.06. The van der Waals surface area contributed by atoms with Crippen molar-refractivity contribution >= 4 is 32.6 Å². The first kappa shape index (κ1) is 16.2. The van der Waals surface area contributed by atoms with Crippen molar-refractivity contribution in [3.63, 3.8) is 0 Å². The normalized spacial score (nSPS) is 10.8. The van der Waals surface area contributed by atoms with Crippen molar-refractivity contribution < 1.29 is 14.1 Å². The lowest BCUT2D eigenvalue weighted by molar-refractivity contribution is -0.385. The highest BCUT2D eigenvalue weighted by atomic mass is 79.9. The van der Waals surface area contributed by atoms with E-state index in [0.29, 0.717) is 22.2 Å². The number of hydrogen-bond acceptors (Lipinski definition) is 5. The Bertz CT molecular complexity index is 996. The van der Waals surface area contributed by atoms with Crippen LogP contribution in [0.25, 0.3) is 11.0 Å². The molecule has 0 amide bonds. The first-order chi connectivity index (χ1) is 11.5. The standard InChI is InChI=1S/C17H12BrNO5/c1-2-10-7-17(20)24-16-9-12(4-5-13(10)16)23-15-6-3-11(18)8-14(15)19(21)22/h3-9H,2H2,1H3. The summed E-state index contributed by atoms with van der Waals surface area (Å²) in [5.74, 6) is 0.459. The van der Waals surface area contributed by atoms with Crippen LogP contribution >= 0.6 is 15.9 Å². The van der Waals surface area contributed by atoms with Crippen molar-refractivity contribution in [1.29, 1.82) is 0 Å². The van der Waals surface area contributed by atoms with Crippen LogP contribution in [-0.4, -0.2) is 4.92 Å². The number of rotatable bonds is 4. The van der Waals surface area contributed by atoms with Gasteiger partial charge in [-0.05, 0) is 36.2 Å². The predicted octanol–water partition coefficient (Wildman–Crippen LogP) is 4.82. The van der Waals surface area contributed by atoms with Gasteiger partial charge in [-0.2, -0.15) is 0 Å². The summed E-state index contributed by atoms with van der Waals surface area (Å²) in [6, 6.07) is 11.0. The fourth-order valence-electron chi connectivity index (χ4n) is 2.41. The molecule has 1 aromatic heterocycles. The van der Waals surface area contributed by atoms with Crippen LogP contribution in [0.3, 0.4) is 0 Å². The lowest BCUT2D eigenvalue weighted by atomic mass is 10.1. The van der Waals surface area contributed by atoms with Crippen molar-refractivity contribution in [3.05, 3.63) is 73.0 Å². The quantitative estimate of drug-likeness (QED) is 0.362. The summed E-state index contributed by atoms with van der Waals surface area (Å²) in [6.45, 7) is 1.95. The van der Waals surface area contributed by atoms with E-state index in [9.17, 15) is 14.9 Å². The predicted molar refractivity (Wildman–Crippen MR) is 92.7 cm³/mol. The minimum Gasteiger partial charge on any atom is -0.450 e. The molecule has 7 heteroatoms. The molecule has 6 nitrogen and oxygen atoms in total. The summed E-state index contributed by atoms with van der Waals surface area (Å²) in [6.07, 6.45) is 0.695. The van der Waals surface area contributed by atoms with Crippen molar-refractivity contribution in [2.75, 3.05) is 0 Å². The van der Waals surface area contributed by atoms with Gasteiger partial charge in [-0.1, -0.05) is 22.9 Å². The lowest BCUT2D eigenvalue weighted by Crippen LogP contribution is -2.00. The maximum absolute atomic E-state index is 11.6.